The molecule has 0 saturated carbocycles. The Labute approximate surface area is 172 Å². The summed E-state index contributed by atoms with van der Waals surface area (Å²) >= 11 is 0. The van der Waals surface area contributed by atoms with E-state index in [-0.39, 0.29) is 18.2 Å². The largest absolute Gasteiger partial charge is 0.461 e. The molecule has 0 aliphatic heterocycles. The fourth-order valence-corrected chi connectivity index (χ4v) is 2.87. The molecule has 30 heavy (non-hydrogen) atoms. The van der Waals surface area contributed by atoms with E-state index >= 15 is 0 Å². The van der Waals surface area contributed by atoms with Crippen molar-refractivity contribution in [2.75, 3.05) is 11.9 Å². The Morgan fingerprint density at radius 2 is 1.80 bits per heavy atom. The van der Waals surface area contributed by atoms with E-state index in [1.165, 1.54) is 6.20 Å². The molecule has 0 aliphatic carbocycles. The van der Waals surface area contributed by atoms with Crippen LogP contribution in [-0.2, 0) is 4.74 Å². The van der Waals surface area contributed by atoms with Crippen LogP contribution >= 0.6 is 0 Å². The van der Waals surface area contributed by atoms with Crippen LogP contribution in [0.4, 0.5) is 5.69 Å². The molecule has 0 radical (unpaired) electrons. The lowest BCUT2D eigenvalue weighted by atomic mass is 10.2. The molecule has 0 fully saturated rings. The van der Waals surface area contributed by atoms with Crippen molar-refractivity contribution in [3.05, 3.63) is 90.5 Å². The highest BCUT2D eigenvalue weighted by Crippen LogP contribution is 2.16. The van der Waals surface area contributed by atoms with E-state index in [1.54, 1.807) is 52.9 Å². The molecule has 2 aromatic heterocycles. The number of para-hydroxylation sites is 1. The maximum atomic E-state index is 12.6. The van der Waals surface area contributed by atoms with Crippen LogP contribution in [0, 0.1) is 0 Å². The van der Waals surface area contributed by atoms with E-state index < -0.39 is 5.97 Å². The SMILES string of the molecule is CCOC(=O)c1ccn(-c2cccc(NC(=O)c3cnn(-c4ccccc4)c3)c2)n1. The van der Waals surface area contributed by atoms with Gasteiger partial charge in [0.2, 0.25) is 0 Å². The Hall–Kier alpha value is -4.20. The second kappa shape index (κ2) is 8.44. The number of esters is 1. The van der Waals surface area contributed by atoms with Crippen LogP contribution < -0.4 is 5.32 Å². The van der Waals surface area contributed by atoms with Gasteiger partial charge in [-0.1, -0.05) is 24.3 Å². The third-order valence-corrected chi connectivity index (χ3v) is 4.31. The number of benzene rings is 2. The molecule has 0 bridgehead atoms. The van der Waals surface area contributed by atoms with Gasteiger partial charge in [-0.15, -0.1) is 0 Å². The average molecular weight is 401 g/mol. The summed E-state index contributed by atoms with van der Waals surface area (Å²) < 4.78 is 8.15. The van der Waals surface area contributed by atoms with Gasteiger partial charge in [-0.3, -0.25) is 4.79 Å². The Morgan fingerprint density at radius 3 is 2.60 bits per heavy atom. The van der Waals surface area contributed by atoms with Crippen molar-refractivity contribution in [3.63, 3.8) is 0 Å². The molecule has 0 spiro atoms. The number of nitrogens with zero attached hydrogens (tertiary/aromatic N) is 4. The third-order valence-electron chi connectivity index (χ3n) is 4.31. The highest BCUT2D eigenvalue weighted by Gasteiger charge is 2.13. The number of rotatable bonds is 6. The zero-order valence-corrected chi connectivity index (χ0v) is 16.2. The van der Waals surface area contributed by atoms with Crippen molar-refractivity contribution < 1.29 is 14.3 Å². The highest BCUT2D eigenvalue weighted by atomic mass is 16.5. The van der Waals surface area contributed by atoms with Crippen LogP contribution in [0.2, 0.25) is 0 Å². The first-order valence-electron chi connectivity index (χ1n) is 9.38. The first kappa shape index (κ1) is 19.1. The first-order chi connectivity index (χ1) is 14.6. The second-order valence-electron chi connectivity index (χ2n) is 6.38. The van der Waals surface area contributed by atoms with Crippen LogP contribution in [0.15, 0.2) is 79.3 Å². The summed E-state index contributed by atoms with van der Waals surface area (Å²) in [6.45, 7) is 2.03. The maximum Gasteiger partial charge on any atom is 0.358 e. The minimum Gasteiger partial charge on any atom is -0.461 e. The molecule has 0 unspecified atom stereocenters. The van der Waals surface area contributed by atoms with Crippen molar-refractivity contribution in [2.45, 2.75) is 6.92 Å². The average Bonchev–Trinajstić information content (AvgIpc) is 3.45. The number of nitrogens with one attached hydrogen (secondary N) is 1. The minimum absolute atomic E-state index is 0.222. The topological polar surface area (TPSA) is 91.0 Å². The summed E-state index contributed by atoms with van der Waals surface area (Å²) in [6, 6.07) is 18.3. The van der Waals surface area contributed by atoms with Gasteiger partial charge in [-0.2, -0.15) is 10.2 Å². The molecule has 0 saturated heterocycles. The predicted octanol–water partition coefficient (Wildman–Crippen LogP) is 3.49. The van der Waals surface area contributed by atoms with Gasteiger partial charge in [0.15, 0.2) is 5.69 Å². The van der Waals surface area contributed by atoms with Gasteiger partial charge in [0.05, 0.1) is 29.7 Å². The van der Waals surface area contributed by atoms with Gasteiger partial charge in [0, 0.05) is 18.1 Å². The summed E-state index contributed by atoms with van der Waals surface area (Å²) in [4.78, 5) is 24.4. The number of carbonyl (C=O) groups is 2. The Balaban J connectivity index is 1.49. The number of anilines is 1. The molecule has 4 aromatic rings. The Morgan fingerprint density at radius 1 is 1.00 bits per heavy atom. The van der Waals surface area contributed by atoms with Crippen LogP contribution in [0.5, 0.6) is 0 Å². The van der Waals surface area contributed by atoms with Gasteiger partial charge >= 0.3 is 5.97 Å². The van der Waals surface area contributed by atoms with E-state index in [1.807, 2.05) is 36.4 Å². The van der Waals surface area contributed by atoms with Crippen LogP contribution in [0.3, 0.4) is 0 Å². The number of aromatic nitrogens is 4. The molecule has 0 atom stereocenters. The van der Waals surface area contributed by atoms with Gasteiger partial charge in [-0.25, -0.2) is 14.2 Å². The Bertz CT molecular complexity index is 1180. The number of hydrogen-bond acceptors (Lipinski definition) is 5. The molecular formula is C22H19N5O3. The summed E-state index contributed by atoms with van der Waals surface area (Å²) in [6.07, 6.45) is 4.86. The standard InChI is InChI=1S/C22H19N5O3/c1-2-30-22(29)20-11-12-26(25-20)19-10-6-7-17(13-19)24-21(28)16-14-23-27(15-16)18-8-4-3-5-9-18/h3-15H,2H2,1H3,(H,24,28). The summed E-state index contributed by atoms with van der Waals surface area (Å²) in [5, 5.41) is 11.3. The lowest BCUT2D eigenvalue weighted by Gasteiger charge is -2.07. The number of amides is 1. The molecule has 2 heterocycles. The molecule has 8 nitrogen and oxygen atoms in total. The molecule has 1 N–H and O–H groups in total. The summed E-state index contributed by atoms with van der Waals surface area (Å²) in [5.74, 6) is -0.752. The predicted molar refractivity (Wildman–Crippen MR) is 111 cm³/mol. The zero-order chi connectivity index (χ0) is 20.9. The molecule has 0 aliphatic rings. The molecule has 1 amide bonds. The maximum absolute atomic E-state index is 12.6. The van der Waals surface area contributed by atoms with E-state index in [0.717, 1.165) is 5.69 Å². The number of ether oxygens (including phenoxy) is 1. The fraction of sp³-hybridized carbons (Fsp3) is 0.0909. The van der Waals surface area contributed by atoms with Crippen molar-refractivity contribution in [2.24, 2.45) is 0 Å². The van der Waals surface area contributed by atoms with E-state index in [0.29, 0.717) is 16.9 Å². The van der Waals surface area contributed by atoms with Gasteiger partial charge < -0.3 is 10.1 Å². The van der Waals surface area contributed by atoms with E-state index in [4.69, 9.17) is 4.74 Å². The second-order valence-corrected chi connectivity index (χ2v) is 6.38. The minimum atomic E-state index is -0.476. The lowest BCUT2D eigenvalue weighted by Crippen LogP contribution is -2.11. The van der Waals surface area contributed by atoms with Crippen molar-refractivity contribution >= 4 is 17.6 Å². The number of hydrogen-bond donors (Lipinski definition) is 1. The van der Waals surface area contributed by atoms with E-state index in [9.17, 15) is 9.59 Å². The third kappa shape index (κ3) is 4.12. The Kier molecular flexibility index (Phi) is 5.38. The first-order valence-corrected chi connectivity index (χ1v) is 9.38. The van der Waals surface area contributed by atoms with Crippen molar-refractivity contribution in [3.8, 4) is 11.4 Å². The van der Waals surface area contributed by atoms with Gasteiger partial charge in [0.25, 0.3) is 5.91 Å². The number of carbonyl (C=O) groups excluding carboxylic acids is 2. The lowest BCUT2D eigenvalue weighted by molar-refractivity contribution is 0.0519. The molecule has 150 valence electrons. The van der Waals surface area contributed by atoms with Crippen LogP contribution in [0.1, 0.15) is 27.8 Å². The molecule has 2 aromatic carbocycles. The smallest absolute Gasteiger partial charge is 0.358 e. The van der Waals surface area contributed by atoms with Gasteiger partial charge in [-0.05, 0) is 43.3 Å². The van der Waals surface area contributed by atoms with Crippen LogP contribution in [-0.4, -0.2) is 38.0 Å². The van der Waals surface area contributed by atoms with Crippen LogP contribution in [0.25, 0.3) is 11.4 Å². The molecule has 8 heteroatoms. The zero-order valence-electron chi connectivity index (χ0n) is 16.2. The van der Waals surface area contributed by atoms with E-state index in [2.05, 4.69) is 15.5 Å². The normalized spacial score (nSPS) is 10.6. The van der Waals surface area contributed by atoms with Crippen molar-refractivity contribution in [1.29, 1.82) is 0 Å². The van der Waals surface area contributed by atoms with Gasteiger partial charge in [0.1, 0.15) is 0 Å². The summed E-state index contributed by atoms with van der Waals surface area (Å²) in [5.41, 5.74) is 2.82. The molecule has 4 rings (SSSR count). The highest BCUT2D eigenvalue weighted by molar-refractivity contribution is 6.04. The van der Waals surface area contributed by atoms with Crippen molar-refractivity contribution in [1.82, 2.24) is 19.6 Å². The monoisotopic (exact) mass is 401 g/mol. The summed E-state index contributed by atoms with van der Waals surface area (Å²) in [7, 11) is 0. The molecular weight excluding hydrogens is 382 g/mol. The quantitative estimate of drug-likeness (QED) is 0.500. The fourth-order valence-electron chi connectivity index (χ4n) is 2.87.